The van der Waals surface area contributed by atoms with Crippen LogP contribution < -0.4 is 0 Å². The minimum atomic E-state index is -0.190. The summed E-state index contributed by atoms with van der Waals surface area (Å²) in [4.78, 5) is 10.9. The highest BCUT2D eigenvalue weighted by Crippen LogP contribution is 2.39. The molecule has 0 spiro atoms. The molecule has 0 aromatic heterocycles. The van der Waals surface area contributed by atoms with Crippen LogP contribution in [0.25, 0.3) is 0 Å². The molecule has 112 valence electrons. The van der Waals surface area contributed by atoms with Crippen LogP contribution in [-0.4, -0.2) is 6.61 Å². The Labute approximate surface area is 123 Å². The number of benzene rings is 1. The molecule has 1 unspecified atom stereocenters. The minimum absolute atomic E-state index is 0.190. The van der Waals surface area contributed by atoms with E-state index in [0.717, 1.165) is 12.8 Å². The third-order valence-electron chi connectivity index (χ3n) is 4.29. The second kappa shape index (κ2) is 8.43. The zero-order valence-electron chi connectivity index (χ0n) is 12.8. The number of hydrogen-bond donors (Lipinski definition) is 0. The molecule has 0 radical (unpaired) electrons. The minimum Gasteiger partial charge on any atom is -0.236 e. The van der Waals surface area contributed by atoms with E-state index in [-0.39, 0.29) is 5.60 Å². The first kappa shape index (κ1) is 15.5. The Kier molecular flexibility index (Phi) is 6.55. The van der Waals surface area contributed by atoms with Gasteiger partial charge in [-0.2, -0.15) is 0 Å². The predicted octanol–water partition coefficient (Wildman–Crippen LogP) is 5.37. The zero-order chi connectivity index (χ0) is 14.1. The standard InChI is InChI=1S/C18H28O2/c1-2-3-4-5-6-7-11-14-18(15-16-19-20-18)17-12-9-8-10-13-17/h8-10,12-13H,2-7,11,14-16H2,1H3. The van der Waals surface area contributed by atoms with Crippen LogP contribution in [0, 0.1) is 0 Å². The largest absolute Gasteiger partial charge is 0.236 e. The third-order valence-corrected chi connectivity index (χ3v) is 4.29. The molecule has 2 heteroatoms. The average molecular weight is 276 g/mol. The van der Waals surface area contributed by atoms with Gasteiger partial charge in [-0.25, -0.2) is 9.78 Å². The van der Waals surface area contributed by atoms with E-state index in [1.54, 1.807) is 0 Å². The van der Waals surface area contributed by atoms with Crippen LogP contribution in [0.3, 0.4) is 0 Å². The Morgan fingerprint density at radius 2 is 1.65 bits per heavy atom. The third kappa shape index (κ3) is 4.32. The van der Waals surface area contributed by atoms with Crippen LogP contribution in [0.15, 0.2) is 30.3 Å². The first-order valence-electron chi connectivity index (χ1n) is 8.23. The molecule has 1 saturated heterocycles. The maximum absolute atomic E-state index is 5.67. The zero-order valence-corrected chi connectivity index (χ0v) is 12.8. The van der Waals surface area contributed by atoms with E-state index in [9.17, 15) is 0 Å². The van der Waals surface area contributed by atoms with Crippen molar-refractivity contribution in [2.75, 3.05) is 6.61 Å². The monoisotopic (exact) mass is 276 g/mol. The van der Waals surface area contributed by atoms with Gasteiger partial charge in [-0.05, 0) is 12.0 Å². The van der Waals surface area contributed by atoms with Gasteiger partial charge in [0.2, 0.25) is 0 Å². The number of unbranched alkanes of at least 4 members (excludes halogenated alkanes) is 6. The van der Waals surface area contributed by atoms with E-state index < -0.39 is 0 Å². The molecule has 0 bridgehead atoms. The fourth-order valence-corrected chi connectivity index (χ4v) is 3.02. The van der Waals surface area contributed by atoms with Crippen molar-refractivity contribution in [3.05, 3.63) is 35.9 Å². The molecule has 0 amide bonds. The summed E-state index contributed by atoms with van der Waals surface area (Å²) in [5.74, 6) is 0. The van der Waals surface area contributed by atoms with E-state index in [1.165, 1.54) is 50.5 Å². The van der Waals surface area contributed by atoms with Gasteiger partial charge in [-0.3, -0.25) is 0 Å². The fourth-order valence-electron chi connectivity index (χ4n) is 3.02. The van der Waals surface area contributed by atoms with Crippen molar-refractivity contribution < 1.29 is 9.78 Å². The molecule has 1 aromatic rings. The van der Waals surface area contributed by atoms with Crippen LogP contribution in [-0.2, 0) is 15.4 Å². The molecule has 0 saturated carbocycles. The Bertz CT molecular complexity index is 355. The molecule has 2 rings (SSSR count). The summed E-state index contributed by atoms with van der Waals surface area (Å²) < 4.78 is 0. The van der Waals surface area contributed by atoms with Gasteiger partial charge in [-0.15, -0.1) is 0 Å². The van der Waals surface area contributed by atoms with Gasteiger partial charge in [0.05, 0.1) is 6.61 Å². The molecule has 1 aromatic carbocycles. The summed E-state index contributed by atoms with van der Waals surface area (Å²) in [5.41, 5.74) is 1.08. The van der Waals surface area contributed by atoms with Crippen molar-refractivity contribution in [3.63, 3.8) is 0 Å². The summed E-state index contributed by atoms with van der Waals surface area (Å²) >= 11 is 0. The van der Waals surface area contributed by atoms with Crippen LogP contribution in [0.4, 0.5) is 0 Å². The van der Waals surface area contributed by atoms with E-state index in [1.807, 2.05) is 0 Å². The van der Waals surface area contributed by atoms with E-state index in [0.29, 0.717) is 6.61 Å². The molecule has 2 nitrogen and oxygen atoms in total. The fraction of sp³-hybridized carbons (Fsp3) is 0.667. The molecule has 1 heterocycles. The van der Waals surface area contributed by atoms with Gasteiger partial charge in [0, 0.05) is 6.42 Å². The lowest BCUT2D eigenvalue weighted by atomic mass is 9.86. The van der Waals surface area contributed by atoms with Crippen molar-refractivity contribution >= 4 is 0 Å². The SMILES string of the molecule is CCCCCCCCCC1(c2ccccc2)CCOO1. The van der Waals surface area contributed by atoms with Crippen molar-refractivity contribution in [1.29, 1.82) is 0 Å². The molecule has 0 N–H and O–H groups in total. The van der Waals surface area contributed by atoms with Crippen molar-refractivity contribution in [1.82, 2.24) is 0 Å². The summed E-state index contributed by atoms with van der Waals surface area (Å²) in [6.45, 7) is 2.98. The lowest BCUT2D eigenvalue weighted by molar-refractivity contribution is -0.315. The molecular formula is C18H28O2. The van der Waals surface area contributed by atoms with Crippen LogP contribution in [0.2, 0.25) is 0 Å². The van der Waals surface area contributed by atoms with E-state index >= 15 is 0 Å². The van der Waals surface area contributed by atoms with Gasteiger partial charge < -0.3 is 0 Å². The van der Waals surface area contributed by atoms with Crippen LogP contribution >= 0.6 is 0 Å². The molecular weight excluding hydrogens is 248 g/mol. The Morgan fingerprint density at radius 1 is 0.950 bits per heavy atom. The second-order valence-electron chi connectivity index (χ2n) is 5.89. The van der Waals surface area contributed by atoms with Crippen LogP contribution in [0.1, 0.15) is 70.3 Å². The first-order chi connectivity index (χ1) is 9.87. The predicted molar refractivity (Wildman–Crippen MR) is 82.4 cm³/mol. The molecule has 1 fully saturated rings. The highest BCUT2D eigenvalue weighted by molar-refractivity contribution is 5.23. The topological polar surface area (TPSA) is 18.5 Å². The smallest absolute Gasteiger partial charge is 0.131 e. The van der Waals surface area contributed by atoms with E-state index in [2.05, 4.69) is 37.3 Å². The summed E-state index contributed by atoms with van der Waals surface area (Å²) in [6, 6.07) is 10.6. The average Bonchev–Trinajstić information content (AvgIpc) is 2.97. The van der Waals surface area contributed by atoms with Gasteiger partial charge in [0.15, 0.2) is 0 Å². The maximum Gasteiger partial charge on any atom is 0.131 e. The van der Waals surface area contributed by atoms with Crippen LogP contribution in [0.5, 0.6) is 0 Å². The highest BCUT2D eigenvalue weighted by atomic mass is 17.2. The highest BCUT2D eigenvalue weighted by Gasteiger charge is 2.38. The lowest BCUT2D eigenvalue weighted by Crippen LogP contribution is -2.24. The normalized spacial score (nSPS) is 22.2. The number of rotatable bonds is 9. The molecule has 0 aliphatic carbocycles. The van der Waals surface area contributed by atoms with Crippen molar-refractivity contribution in [3.8, 4) is 0 Å². The Morgan fingerprint density at radius 3 is 2.30 bits per heavy atom. The van der Waals surface area contributed by atoms with Gasteiger partial charge in [0.1, 0.15) is 5.60 Å². The van der Waals surface area contributed by atoms with Crippen molar-refractivity contribution in [2.45, 2.75) is 70.3 Å². The van der Waals surface area contributed by atoms with Gasteiger partial charge in [0.25, 0.3) is 0 Å². The van der Waals surface area contributed by atoms with Crippen molar-refractivity contribution in [2.24, 2.45) is 0 Å². The maximum atomic E-state index is 5.67. The molecule has 1 atom stereocenters. The summed E-state index contributed by atoms with van der Waals surface area (Å²) in [5, 5.41) is 0. The summed E-state index contributed by atoms with van der Waals surface area (Å²) in [6.07, 6.45) is 11.4. The molecule has 1 aliphatic heterocycles. The van der Waals surface area contributed by atoms with Gasteiger partial charge >= 0.3 is 0 Å². The second-order valence-corrected chi connectivity index (χ2v) is 5.89. The van der Waals surface area contributed by atoms with Gasteiger partial charge in [-0.1, -0.05) is 82.2 Å². The quantitative estimate of drug-likeness (QED) is 0.445. The van der Waals surface area contributed by atoms with E-state index in [4.69, 9.17) is 9.78 Å². The first-order valence-corrected chi connectivity index (χ1v) is 8.23. The lowest BCUT2D eigenvalue weighted by Gasteiger charge is -2.26. The summed E-state index contributed by atoms with van der Waals surface area (Å²) in [7, 11) is 0. The molecule has 1 aliphatic rings. The molecule has 20 heavy (non-hydrogen) atoms. The Balaban J connectivity index is 1.76. The Hall–Kier alpha value is -0.860. The number of hydrogen-bond acceptors (Lipinski definition) is 2.